The van der Waals surface area contributed by atoms with Crippen molar-refractivity contribution >= 4 is 35.2 Å². The molecule has 0 spiro atoms. The van der Waals surface area contributed by atoms with Crippen molar-refractivity contribution in [3.05, 3.63) is 139 Å². The maximum atomic E-state index is 6.33. The van der Waals surface area contributed by atoms with Crippen molar-refractivity contribution in [2.75, 3.05) is 0 Å². The second kappa shape index (κ2) is 15.6. The van der Waals surface area contributed by atoms with Crippen molar-refractivity contribution in [2.45, 2.75) is 59.7 Å². The van der Waals surface area contributed by atoms with Gasteiger partial charge in [-0.15, -0.1) is 48.0 Å². The van der Waals surface area contributed by atoms with Gasteiger partial charge in [0.2, 0.25) is 0 Å². The molecule has 49 heavy (non-hydrogen) atoms. The number of fused-ring (bicyclic) bond motifs is 3. The Bertz CT molecular complexity index is 2150. The van der Waals surface area contributed by atoms with Crippen LogP contribution in [0.2, 0.25) is 19.6 Å². The number of hydrogen-bond acceptors (Lipinski definition) is 3. The first kappa shape index (κ1) is 36.1. The van der Waals surface area contributed by atoms with E-state index in [1.807, 2.05) is 42.6 Å². The standard InChI is InChI=1S/C26H20NO.C18H24NSi.Ir/c1-17(2)19-14-15-27-23(16-19)21-13-12-20(18-8-4-3-5-9-18)25-22-10-6-7-11-24(22)28-26(21)25;1-14(2)11-16-12-17(15-9-7-6-8-10-15)19-13-18(16)20(3,4)5;/h3-12,14-17H,1-2H3;6-9,12-14H,11H2,1-5H3;/q2*-1;. The molecule has 0 fully saturated rings. The van der Waals surface area contributed by atoms with E-state index in [2.05, 4.69) is 142 Å². The molecule has 0 bridgehead atoms. The van der Waals surface area contributed by atoms with Gasteiger partial charge < -0.3 is 14.4 Å². The van der Waals surface area contributed by atoms with E-state index in [-0.39, 0.29) is 20.1 Å². The molecule has 0 amide bonds. The minimum absolute atomic E-state index is 0. The molecule has 7 aromatic rings. The number of nitrogens with zero attached hydrogens (tertiary/aromatic N) is 2. The molecule has 0 unspecified atom stereocenters. The molecule has 0 saturated carbocycles. The molecule has 251 valence electrons. The van der Waals surface area contributed by atoms with E-state index in [0.717, 1.165) is 62.0 Å². The quantitative estimate of drug-likeness (QED) is 0.119. The summed E-state index contributed by atoms with van der Waals surface area (Å²) in [6, 6.07) is 42.0. The first-order chi connectivity index (χ1) is 23.1. The molecule has 0 aliphatic carbocycles. The molecular weight excluding hydrogens is 793 g/mol. The van der Waals surface area contributed by atoms with Gasteiger partial charge in [0, 0.05) is 37.9 Å². The molecule has 1 radical (unpaired) electrons. The van der Waals surface area contributed by atoms with Crippen LogP contribution in [-0.4, -0.2) is 18.0 Å². The van der Waals surface area contributed by atoms with Crippen LogP contribution in [0.4, 0.5) is 0 Å². The average molecular weight is 837 g/mol. The molecular formula is C44H44IrN2OSi-2. The summed E-state index contributed by atoms with van der Waals surface area (Å²) in [5.74, 6) is 1.11. The van der Waals surface area contributed by atoms with Gasteiger partial charge in [-0.2, -0.15) is 0 Å². The van der Waals surface area contributed by atoms with Crippen LogP contribution in [0.5, 0.6) is 0 Å². The molecule has 5 heteroatoms. The topological polar surface area (TPSA) is 38.9 Å². The van der Waals surface area contributed by atoms with Crippen LogP contribution < -0.4 is 5.19 Å². The fourth-order valence-corrected chi connectivity index (χ4v) is 7.82. The summed E-state index contributed by atoms with van der Waals surface area (Å²) in [5, 5.41) is 3.73. The van der Waals surface area contributed by atoms with Gasteiger partial charge in [0.05, 0.1) is 13.7 Å². The smallest absolute Gasteiger partial charge is 0.120 e. The van der Waals surface area contributed by atoms with Crippen LogP contribution in [0.25, 0.3) is 55.6 Å². The molecule has 7 rings (SSSR count). The third-order valence-corrected chi connectivity index (χ3v) is 10.7. The summed E-state index contributed by atoms with van der Waals surface area (Å²) in [6.07, 6.45) is 5.11. The number of hydrogen-bond donors (Lipinski definition) is 0. The van der Waals surface area contributed by atoms with Gasteiger partial charge in [0.25, 0.3) is 0 Å². The maximum absolute atomic E-state index is 6.33. The van der Waals surface area contributed by atoms with Crippen molar-refractivity contribution in [1.82, 2.24) is 9.97 Å². The Morgan fingerprint density at radius 1 is 0.776 bits per heavy atom. The van der Waals surface area contributed by atoms with Crippen LogP contribution in [-0.2, 0) is 26.5 Å². The summed E-state index contributed by atoms with van der Waals surface area (Å²) < 4.78 is 6.33. The van der Waals surface area contributed by atoms with E-state index in [1.54, 1.807) is 0 Å². The summed E-state index contributed by atoms with van der Waals surface area (Å²) in [4.78, 5) is 9.31. The minimum Gasteiger partial charge on any atom is -0.501 e. The van der Waals surface area contributed by atoms with Gasteiger partial charge in [0.1, 0.15) is 5.58 Å². The van der Waals surface area contributed by atoms with Gasteiger partial charge in [-0.3, -0.25) is 0 Å². The normalized spacial score (nSPS) is 11.4. The number of aromatic nitrogens is 2. The van der Waals surface area contributed by atoms with Crippen LogP contribution in [0.1, 0.15) is 44.7 Å². The fourth-order valence-electron chi connectivity index (χ4n) is 6.23. The summed E-state index contributed by atoms with van der Waals surface area (Å²) >= 11 is 0. The SMILES string of the molecule is CC(C)Cc1cc(-c2[c-]cccc2)ncc1[Si](C)(C)C.CC(C)c1ccnc(-c2[c-]cc(-c3ccccc3)c3c2oc2ccccc23)c1.[Ir]. The summed E-state index contributed by atoms with van der Waals surface area (Å²) in [7, 11) is -1.34. The van der Waals surface area contributed by atoms with Gasteiger partial charge in [-0.25, -0.2) is 0 Å². The Hall–Kier alpha value is -4.15. The van der Waals surface area contributed by atoms with Crippen LogP contribution in [0, 0.1) is 18.1 Å². The number of benzene rings is 4. The Balaban J connectivity index is 0.000000199. The first-order valence-electron chi connectivity index (χ1n) is 16.9. The monoisotopic (exact) mass is 837 g/mol. The van der Waals surface area contributed by atoms with E-state index < -0.39 is 8.07 Å². The Morgan fingerprint density at radius 3 is 2.20 bits per heavy atom. The van der Waals surface area contributed by atoms with Crippen molar-refractivity contribution in [2.24, 2.45) is 5.92 Å². The van der Waals surface area contributed by atoms with E-state index in [0.29, 0.717) is 11.8 Å². The predicted octanol–water partition coefficient (Wildman–Crippen LogP) is 11.5. The molecule has 4 aromatic carbocycles. The molecule has 0 atom stereocenters. The zero-order valence-corrected chi connectivity index (χ0v) is 32.9. The van der Waals surface area contributed by atoms with Gasteiger partial charge >= 0.3 is 0 Å². The largest absolute Gasteiger partial charge is 0.501 e. The van der Waals surface area contributed by atoms with Crippen molar-refractivity contribution < 1.29 is 24.5 Å². The number of furan rings is 1. The number of pyridine rings is 2. The van der Waals surface area contributed by atoms with Crippen LogP contribution >= 0.6 is 0 Å². The van der Waals surface area contributed by atoms with Crippen molar-refractivity contribution in [3.8, 4) is 33.6 Å². The van der Waals surface area contributed by atoms with Gasteiger partial charge in [0.15, 0.2) is 0 Å². The Morgan fingerprint density at radius 2 is 1.51 bits per heavy atom. The van der Waals surface area contributed by atoms with Crippen molar-refractivity contribution in [3.63, 3.8) is 0 Å². The second-order valence-corrected chi connectivity index (χ2v) is 19.3. The summed E-state index contributed by atoms with van der Waals surface area (Å²) in [6.45, 7) is 16.1. The molecule has 0 saturated heterocycles. The first-order valence-corrected chi connectivity index (χ1v) is 20.4. The Kier molecular flexibility index (Phi) is 11.5. The third kappa shape index (κ3) is 8.19. The zero-order chi connectivity index (χ0) is 33.8. The van der Waals surface area contributed by atoms with Gasteiger partial charge in [-0.1, -0.05) is 136 Å². The average Bonchev–Trinajstić information content (AvgIpc) is 3.48. The maximum Gasteiger partial charge on any atom is 0.120 e. The molecule has 0 aliphatic rings. The fraction of sp³-hybridized carbons (Fsp3) is 0.227. The molecule has 3 aromatic heterocycles. The summed E-state index contributed by atoms with van der Waals surface area (Å²) in [5.41, 5.74) is 10.7. The van der Waals surface area contributed by atoms with Crippen LogP contribution in [0.15, 0.2) is 120 Å². The van der Waals surface area contributed by atoms with E-state index in [9.17, 15) is 0 Å². The molecule has 0 N–H and O–H groups in total. The zero-order valence-electron chi connectivity index (χ0n) is 29.5. The second-order valence-electron chi connectivity index (χ2n) is 14.2. The number of para-hydroxylation sites is 1. The van der Waals surface area contributed by atoms with E-state index in [4.69, 9.17) is 4.42 Å². The molecule has 0 aliphatic heterocycles. The molecule has 3 nitrogen and oxygen atoms in total. The van der Waals surface area contributed by atoms with Crippen LogP contribution in [0.3, 0.4) is 0 Å². The molecule has 3 heterocycles. The van der Waals surface area contributed by atoms with E-state index in [1.165, 1.54) is 16.3 Å². The third-order valence-electron chi connectivity index (χ3n) is 8.66. The Labute approximate surface area is 306 Å². The minimum atomic E-state index is -1.34. The predicted molar refractivity (Wildman–Crippen MR) is 205 cm³/mol. The number of rotatable bonds is 7. The van der Waals surface area contributed by atoms with Gasteiger partial charge in [-0.05, 0) is 52.4 Å². The van der Waals surface area contributed by atoms with Crippen molar-refractivity contribution in [1.29, 1.82) is 0 Å². The van der Waals surface area contributed by atoms with E-state index >= 15 is 0 Å².